The van der Waals surface area contributed by atoms with Gasteiger partial charge >= 0.3 is 0 Å². The Morgan fingerprint density at radius 2 is 2.13 bits per heavy atom. The summed E-state index contributed by atoms with van der Waals surface area (Å²) in [4.78, 5) is 6.70. The average Bonchev–Trinajstić information content (AvgIpc) is 3.01. The first-order valence-electron chi connectivity index (χ1n) is 8.06. The SMILES string of the molecule is CCN1CCC(Nc2ccc(-n3cnc(Br)c3)c(OC)c2)CC1. The van der Waals surface area contributed by atoms with Gasteiger partial charge in [-0.05, 0) is 47.4 Å². The third-order valence-electron chi connectivity index (χ3n) is 4.41. The Balaban J connectivity index is 1.72. The van der Waals surface area contributed by atoms with Crippen molar-refractivity contribution in [1.29, 1.82) is 0 Å². The molecule has 1 saturated heterocycles. The number of hydrogen-bond donors (Lipinski definition) is 1. The van der Waals surface area contributed by atoms with Gasteiger partial charge in [-0.2, -0.15) is 0 Å². The van der Waals surface area contributed by atoms with Gasteiger partial charge in [0.1, 0.15) is 16.7 Å². The van der Waals surface area contributed by atoms with Crippen molar-refractivity contribution in [1.82, 2.24) is 14.5 Å². The number of anilines is 1. The molecule has 0 unspecified atom stereocenters. The van der Waals surface area contributed by atoms with E-state index in [1.54, 1.807) is 13.4 Å². The minimum atomic E-state index is 0.538. The largest absolute Gasteiger partial charge is 0.494 e. The number of piperidine rings is 1. The lowest BCUT2D eigenvalue weighted by atomic mass is 10.0. The Labute approximate surface area is 145 Å². The summed E-state index contributed by atoms with van der Waals surface area (Å²) in [7, 11) is 1.70. The van der Waals surface area contributed by atoms with Crippen molar-refractivity contribution < 1.29 is 4.74 Å². The first-order valence-corrected chi connectivity index (χ1v) is 8.85. The second-order valence-electron chi connectivity index (χ2n) is 5.84. The summed E-state index contributed by atoms with van der Waals surface area (Å²) in [5.74, 6) is 0.839. The molecular weight excluding hydrogens is 356 g/mol. The van der Waals surface area contributed by atoms with Gasteiger partial charge in [0.25, 0.3) is 0 Å². The van der Waals surface area contributed by atoms with Crippen molar-refractivity contribution in [3.05, 3.63) is 35.3 Å². The van der Waals surface area contributed by atoms with Gasteiger partial charge in [-0.15, -0.1) is 0 Å². The second kappa shape index (κ2) is 7.36. The highest BCUT2D eigenvalue weighted by Crippen LogP contribution is 2.28. The predicted octanol–water partition coefficient (Wildman–Crippen LogP) is 3.54. The molecule has 1 aliphatic rings. The van der Waals surface area contributed by atoms with Crippen LogP contribution in [-0.4, -0.2) is 47.2 Å². The molecule has 6 heteroatoms. The normalized spacial score (nSPS) is 16.5. The number of ether oxygens (including phenoxy) is 1. The summed E-state index contributed by atoms with van der Waals surface area (Å²) < 4.78 is 8.32. The van der Waals surface area contributed by atoms with Crippen molar-refractivity contribution in [3.63, 3.8) is 0 Å². The summed E-state index contributed by atoms with van der Waals surface area (Å²) in [5.41, 5.74) is 2.09. The van der Waals surface area contributed by atoms with Crippen LogP contribution in [0.25, 0.3) is 5.69 Å². The first-order chi connectivity index (χ1) is 11.2. The highest BCUT2D eigenvalue weighted by atomic mass is 79.9. The van der Waals surface area contributed by atoms with Crippen LogP contribution in [0.4, 0.5) is 5.69 Å². The third kappa shape index (κ3) is 3.87. The molecule has 5 nitrogen and oxygen atoms in total. The van der Waals surface area contributed by atoms with Gasteiger partial charge in [0.05, 0.1) is 12.8 Å². The van der Waals surface area contributed by atoms with Crippen LogP contribution in [0.1, 0.15) is 19.8 Å². The van der Waals surface area contributed by atoms with Crippen LogP contribution in [0.2, 0.25) is 0 Å². The lowest BCUT2D eigenvalue weighted by Gasteiger charge is -2.32. The number of rotatable bonds is 5. The fourth-order valence-electron chi connectivity index (χ4n) is 3.04. The average molecular weight is 379 g/mol. The predicted molar refractivity (Wildman–Crippen MR) is 96.6 cm³/mol. The van der Waals surface area contributed by atoms with Gasteiger partial charge in [-0.1, -0.05) is 6.92 Å². The lowest BCUT2D eigenvalue weighted by Crippen LogP contribution is -2.38. The maximum Gasteiger partial charge on any atom is 0.144 e. The monoisotopic (exact) mass is 378 g/mol. The van der Waals surface area contributed by atoms with E-state index in [0.717, 1.165) is 28.3 Å². The molecule has 1 aliphatic heterocycles. The van der Waals surface area contributed by atoms with Crippen LogP contribution >= 0.6 is 15.9 Å². The highest BCUT2D eigenvalue weighted by Gasteiger charge is 2.18. The zero-order chi connectivity index (χ0) is 16.2. The summed E-state index contributed by atoms with van der Waals surface area (Å²) in [6.07, 6.45) is 6.07. The van der Waals surface area contributed by atoms with E-state index in [9.17, 15) is 0 Å². The smallest absolute Gasteiger partial charge is 0.144 e. The number of nitrogens with one attached hydrogen (secondary N) is 1. The van der Waals surface area contributed by atoms with Crippen molar-refractivity contribution in [2.24, 2.45) is 0 Å². The fourth-order valence-corrected chi connectivity index (χ4v) is 3.35. The second-order valence-corrected chi connectivity index (χ2v) is 6.66. The molecule has 0 bridgehead atoms. The Morgan fingerprint density at radius 3 is 2.74 bits per heavy atom. The fraction of sp³-hybridized carbons (Fsp3) is 0.471. The Kier molecular flexibility index (Phi) is 5.23. The van der Waals surface area contributed by atoms with Gasteiger partial charge in [-0.25, -0.2) is 4.98 Å². The van der Waals surface area contributed by atoms with Crippen molar-refractivity contribution in [2.45, 2.75) is 25.8 Å². The van der Waals surface area contributed by atoms with E-state index in [1.807, 2.05) is 10.8 Å². The lowest BCUT2D eigenvalue weighted by molar-refractivity contribution is 0.229. The third-order valence-corrected chi connectivity index (χ3v) is 4.82. The molecule has 0 aliphatic carbocycles. The zero-order valence-corrected chi connectivity index (χ0v) is 15.2. The van der Waals surface area contributed by atoms with Crippen LogP contribution in [0.15, 0.2) is 35.3 Å². The van der Waals surface area contributed by atoms with Crippen LogP contribution < -0.4 is 10.1 Å². The van der Waals surface area contributed by atoms with Crippen molar-refractivity contribution >= 4 is 21.6 Å². The van der Waals surface area contributed by atoms with Gasteiger partial charge in [0.15, 0.2) is 0 Å². The molecule has 2 aromatic rings. The zero-order valence-electron chi connectivity index (χ0n) is 13.6. The van der Waals surface area contributed by atoms with Gasteiger partial charge in [0, 0.05) is 37.1 Å². The molecular formula is C17H23BrN4O. The molecule has 2 heterocycles. The van der Waals surface area contributed by atoms with Gasteiger partial charge in [-0.3, -0.25) is 0 Å². The summed E-state index contributed by atoms with van der Waals surface area (Å²) >= 11 is 3.38. The van der Waals surface area contributed by atoms with Crippen LogP contribution in [0, 0.1) is 0 Å². The van der Waals surface area contributed by atoms with Gasteiger partial charge < -0.3 is 19.5 Å². The molecule has 0 saturated carbocycles. The van der Waals surface area contributed by atoms with Crippen LogP contribution in [0.5, 0.6) is 5.75 Å². The Bertz CT molecular complexity index is 650. The molecule has 1 aromatic heterocycles. The number of imidazole rings is 1. The molecule has 1 N–H and O–H groups in total. The standard InChI is InChI=1S/C17H23BrN4O/c1-3-21-8-6-13(7-9-21)20-14-4-5-15(16(10-14)23-2)22-11-17(18)19-12-22/h4-5,10-13,20H,3,6-9H2,1-2H3. The summed E-state index contributed by atoms with van der Waals surface area (Å²) in [5, 5.41) is 3.64. The van der Waals surface area contributed by atoms with Crippen LogP contribution in [0.3, 0.4) is 0 Å². The molecule has 0 spiro atoms. The Hall–Kier alpha value is -1.53. The molecule has 23 heavy (non-hydrogen) atoms. The van der Waals surface area contributed by atoms with E-state index in [-0.39, 0.29) is 0 Å². The summed E-state index contributed by atoms with van der Waals surface area (Å²) in [6.45, 7) is 5.72. The topological polar surface area (TPSA) is 42.3 Å². The maximum atomic E-state index is 5.56. The number of likely N-dealkylation sites (tertiary alicyclic amines) is 1. The molecule has 0 radical (unpaired) electrons. The Morgan fingerprint density at radius 1 is 1.35 bits per heavy atom. The quantitative estimate of drug-likeness (QED) is 0.863. The minimum Gasteiger partial charge on any atom is -0.494 e. The van der Waals surface area contributed by atoms with E-state index in [0.29, 0.717) is 6.04 Å². The molecule has 0 amide bonds. The maximum absolute atomic E-state index is 5.56. The van der Waals surface area contributed by atoms with Crippen molar-refractivity contribution in [2.75, 3.05) is 32.1 Å². The van der Waals surface area contributed by atoms with E-state index >= 15 is 0 Å². The van der Waals surface area contributed by atoms with E-state index in [4.69, 9.17) is 4.74 Å². The van der Waals surface area contributed by atoms with E-state index in [2.05, 4.69) is 56.3 Å². The van der Waals surface area contributed by atoms with Crippen molar-refractivity contribution in [3.8, 4) is 11.4 Å². The number of nitrogens with zero attached hydrogens (tertiary/aromatic N) is 3. The van der Waals surface area contributed by atoms with E-state index < -0.39 is 0 Å². The number of methoxy groups -OCH3 is 1. The number of benzene rings is 1. The molecule has 1 aromatic carbocycles. The molecule has 0 atom stereocenters. The number of hydrogen-bond acceptors (Lipinski definition) is 4. The minimum absolute atomic E-state index is 0.538. The molecule has 1 fully saturated rings. The first kappa shape index (κ1) is 16.3. The van der Waals surface area contributed by atoms with Gasteiger partial charge in [0.2, 0.25) is 0 Å². The van der Waals surface area contributed by atoms with Crippen LogP contribution in [-0.2, 0) is 0 Å². The number of halogens is 1. The van der Waals surface area contributed by atoms with E-state index in [1.165, 1.54) is 25.9 Å². The number of aromatic nitrogens is 2. The molecule has 124 valence electrons. The molecule has 3 rings (SSSR count). The summed E-state index contributed by atoms with van der Waals surface area (Å²) in [6, 6.07) is 6.78. The highest BCUT2D eigenvalue weighted by molar-refractivity contribution is 9.10.